The van der Waals surface area contributed by atoms with Gasteiger partial charge in [-0.25, -0.2) is 0 Å². The third-order valence-electron chi connectivity index (χ3n) is 4.12. The summed E-state index contributed by atoms with van der Waals surface area (Å²) in [6.45, 7) is 7.89. The SMILES string of the molecule is CN=C(NC)NCCCN1CCN(Cc2ccccc2)CC1. The Balaban J connectivity index is 1.59. The molecular formula is C17H29N5. The maximum atomic E-state index is 4.11. The summed E-state index contributed by atoms with van der Waals surface area (Å²) in [6.07, 6.45) is 1.15. The van der Waals surface area contributed by atoms with Crippen LogP contribution >= 0.6 is 0 Å². The molecule has 1 aliphatic rings. The molecule has 1 fully saturated rings. The number of nitrogens with zero attached hydrogens (tertiary/aromatic N) is 3. The van der Waals surface area contributed by atoms with E-state index >= 15 is 0 Å². The van der Waals surface area contributed by atoms with Crippen molar-refractivity contribution in [3.63, 3.8) is 0 Å². The Bertz CT molecular complexity index is 438. The van der Waals surface area contributed by atoms with E-state index < -0.39 is 0 Å². The van der Waals surface area contributed by atoms with Gasteiger partial charge in [0.15, 0.2) is 5.96 Å². The lowest BCUT2D eigenvalue weighted by Crippen LogP contribution is -2.46. The summed E-state index contributed by atoms with van der Waals surface area (Å²) in [5, 5.41) is 6.34. The Labute approximate surface area is 134 Å². The maximum Gasteiger partial charge on any atom is 0.190 e. The van der Waals surface area contributed by atoms with Crippen molar-refractivity contribution in [1.82, 2.24) is 20.4 Å². The number of rotatable bonds is 6. The predicted molar refractivity (Wildman–Crippen MR) is 93.2 cm³/mol. The normalized spacial score (nSPS) is 17.5. The molecule has 0 spiro atoms. The molecule has 0 atom stereocenters. The second-order valence-corrected chi connectivity index (χ2v) is 5.71. The molecule has 22 heavy (non-hydrogen) atoms. The Morgan fingerprint density at radius 1 is 1.09 bits per heavy atom. The summed E-state index contributed by atoms with van der Waals surface area (Å²) in [4.78, 5) is 9.22. The third kappa shape index (κ3) is 5.66. The molecule has 0 bridgehead atoms. The first-order chi connectivity index (χ1) is 10.8. The van der Waals surface area contributed by atoms with E-state index in [4.69, 9.17) is 0 Å². The van der Waals surface area contributed by atoms with Gasteiger partial charge >= 0.3 is 0 Å². The zero-order valence-corrected chi connectivity index (χ0v) is 13.9. The quantitative estimate of drug-likeness (QED) is 0.467. The monoisotopic (exact) mass is 303 g/mol. The summed E-state index contributed by atoms with van der Waals surface area (Å²) in [7, 11) is 3.69. The lowest BCUT2D eigenvalue weighted by atomic mass is 10.2. The lowest BCUT2D eigenvalue weighted by Gasteiger charge is -2.34. The fourth-order valence-electron chi connectivity index (χ4n) is 2.80. The van der Waals surface area contributed by atoms with Crippen molar-refractivity contribution in [2.24, 2.45) is 4.99 Å². The van der Waals surface area contributed by atoms with Gasteiger partial charge in [0.1, 0.15) is 0 Å². The van der Waals surface area contributed by atoms with Crippen LogP contribution in [0.3, 0.4) is 0 Å². The first-order valence-corrected chi connectivity index (χ1v) is 8.19. The van der Waals surface area contributed by atoms with Crippen LogP contribution in [-0.2, 0) is 6.54 Å². The molecule has 5 heteroatoms. The van der Waals surface area contributed by atoms with E-state index in [1.165, 1.54) is 31.7 Å². The zero-order valence-electron chi connectivity index (χ0n) is 13.9. The maximum absolute atomic E-state index is 4.11. The van der Waals surface area contributed by atoms with Gasteiger partial charge in [-0.15, -0.1) is 0 Å². The van der Waals surface area contributed by atoms with Crippen LogP contribution in [0.4, 0.5) is 0 Å². The molecule has 0 unspecified atom stereocenters. The molecule has 1 aromatic carbocycles. The van der Waals surface area contributed by atoms with Gasteiger partial charge in [0.25, 0.3) is 0 Å². The molecule has 122 valence electrons. The number of benzene rings is 1. The molecule has 1 heterocycles. The lowest BCUT2D eigenvalue weighted by molar-refractivity contribution is 0.126. The minimum absolute atomic E-state index is 0.868. The molecular weight excluding hydrogens is 274 g/mol. The van der Waals surface area contributed by atoms with Crippen LogP contribution in [0, 0.1) is 0 Å². The van der Waals surface area contributed by atoms with Gasteiger partial charge in [0, 0.05) is 53.4 Å². The van der Waals surface area contributed by atoms with Crippen molar-refractivity contribution in [2.75, 3.05) is 53.4 Å². The Kier molecular flexibility index (Phi) is 7.19. The molecule has 1 saturated heterocycles. The predicted octanol–water partition coefficient (Wildman–Crippen LogP) is 0.989. The minimum atomic E-state index is 0.868. The largest absolute Gasteiger partial charge is 0.359 e. The molecule has 1 aliphatic heterocycles. The second-order valence-electron chi connectivity index (χ2n) is 5.71. The molecule has 0 radical (unpaired) electrons. The second kappa shape index (κ2) is 9.43. The highest BCUT2D eigenvalue weighted by Gasteiger charge is 2.16. The van der Waals surface area contributed by atoms with Crippen LogP contribution in [0.15, 0.2) is 35.3 Å². The van der Waals surface area contributed by atoms with Crippen LogP contribution in [0.25, 0.3) is 0 Å². The van der Waals surface area contributed by atoms with Gasteiger partial charge < -0.3 is 15.5 Å². The van der Waals surface area contributed by atoms with Crippen molar-refractivity contribution in [1.29, 1.82) is 0 Å². The first kappa shape index (κ1) is 16.8. The summed E-state index contributed by atoms with van der Waals surface area (Å²) >= 11 is 0. The van der Waals surface area contributed by atoms with Crippen molar-refractivity contribution >= 4 is 5.96 Å². The van der Waals surface area contributed by atoms with Crippen molar-refractivity contribution in [3.8, 4) is 0 Å². The summed E-state index contributed by atoms with van der Waals surface area (Å²) in [5.41, 5.74) is 1.42. The van der Waals surface area contributed by atoms with Gasteiger partial charge in [0.05, 0.1) is 0 Å². The Morgan fingerprint density at radius 2 is 1.77 bits per heavy atom. The van der Waals surface area contributed by atoms with Crippen LogP contribution < -0.4 is 10.6 Å². The zero-order chi connectivity index (χ0) is 15.6. The molecule has 0 aromatic heterocycles. The molecule has 1 aromatic rings. The van der Waals surface area contributed by atoms with E-state index in [1.807, 2.05) is 7.05 Å². The Morgan fingerprint density at radius 3 is 2.41 bits per heavy atom. The molecule has 0 amide bonds. The van der Waals surface area contributed by atoms with E-state index in [-0.39, 0.29) is 0 Å². The van der Waals surface area contributed by atoms with Crippen LogP contribution in [0.1, 0.15) is 12.0 Å². The number of hydrogen-bond donors (Lipinski definition) is 2. The molecule has 2 rings (SSSR count). The molecule has 5 nitrogen and oxygen atoms in total. The van der Waals surface area contributed by atoms with Crippen LogP contribution in [0.5, 0.6) is 0 Å². The van der Waals surface area contributed by atoms with Crippen molar-refractivity contribution in [3.05, 3.63) is 35.9 Å². The highest BCUT2D eigenvalue weighted by molar-refractivity contribution is 5.79. The summed E-state index contributed by atoms with van der Waals surface area (Å²) in [6, 6.07) is 10.8. The Hall–Kier alpha value is -1.59. The van der Waals surface area contributed by atoms with Crippen molar-refractivity contribution in [2.45, 2.75) is 13.0 Å². The number of piperazine rings is 1. The van der Waals surface area contributed by atoms with E-state index in [9.17, 15) is 0 Å². The summed E-state index contributed by atoms with van der Waals surface area (Å²) in [5.74, 6) is 0.868. The highest BCUT2D eigenvalue weighted by Crippen LogP contribution is 2.08. The average molecular weight is 303 g/mol. The smallest absolute Gasteiger partial charge is 0.190 e. The van der Waals surface area contributed by atoms with Gasteiger partial charge in [-0.2, -0.15) is 0 Å². The number of nitrogens with one attached hydrogen (secondary N) is 2. The van der Waals surface area contributed by atoms with Crippen LogP contribution in [0.2, 0.25) is 0 Å². The summed E-state index contributed by atoms with van der Waals surface area (Å²) < 4.78 is 0. The number of hydrogen-bond acceptors (Lipinski definition) is 3. The van der Waals surface area contributed by atoms with Gasteiger partial charge in [-0.05, 0) is 18.5 Å². The van der Waals surface area contributed by atoms with E-state index in [1.54, 1.807) is 7.05 Å². The first-order valence-electron chi connectivity index (χ1n) is 8.19. The topological polar surface area (TPSA) is 42.9 Å². The van der Waals surface area contributed by atoms with Crippen molar-refractivity contribution < 1.29 is 0 Å². The van der Waals surface area contributed by atoms with Crippen LogP contribution in [-0.4, -0.2) is 69.1 Å². The standard InChI is InChI=1S/C17H29N5/c1-18-17(19-2)20-9-6-10-21-11-13-22(14-12-21)15-16-7-4-3-5-8-16/h3-5,7-8H,6,9-15H2,1-2H3,(H2,18,19,20). The minimum Gasteiger partial charge on any atom is -0.359 e. The average Bonchev–Trinajstić information content (AvgIpc) is 2.57. The molecule has 0 aliphatic carbocycles. The van der Waals surface area contributed by atoms with Gasteiger partial charge in [-0.3, -0.25) is 9.89 Å². The fourth-order valence-corrected chi connectivity index (χ4v) is 2.80. The number of aliphatic imine (C=N–C) groups is 1. The highest BCUT2D eigenvalue weighted by atomic mass is 15.3. The van der Waals surface area contributed by atoms with Gasteiger partial charge in [0.2, 0.25) is 0 Å². The molecule has 0 saturated carbocycles. The number of guanidine groups is 1. The fraction of sp³-hybridized carbons (Fsp3) is 0.588. The van der Waals surface area contributed by atoms with Gasteiger partial charge in [-0.1, -0.05) is 30.3 Å². The van der Waals surface area contributed by atoms with E-state index in [0.29, 0.717) is 0 Å². The molecule has 2 N–H and O–H groups in total. The third-order valence-corrected chi connectivity index (χ3v) is 4.12. The van der Waals surface area contributed by atoms with E-state index in [0.717, 1.165) is 32.0 Å². The van der Waals surface area contributed by atoms with E-state index in [2.05, 4.69) is 55.8 Å².